The number of nitrogens with zero attached hydrogens (tertiary/aromatic N) is 3. The molecule has 0 atom stereocenters. The molecule has 3 aromatic rings. The van der Waals surface area contributed by atoms with Crippen molar-refractivity contribution in [3.63, 3.8) is 0 Å². The predicted molar refractivity (Wildman–Crippen MR) is 148 cm³/mol. The van der Waals surface area contributed by atoms with Gasteiger partial charge in [-0.2, -0.15) is 0 Å². The SMILES string of the molecule is O=C(CCCCc1nnc(SCC/C2=C/C/C=C\CCC2)n1-c1ccccc1)NCc1ccccc1. The molecule has 0 fully saturated rings. The molecule has 6 heteroatoms. The van der Waals surface area contributed by atoms with E-state index in [1.807, 2.05) is 36.4 Å². The molecule has 1 amide bonds. The summed E-state index contributed by atoms with van der Waals surface area (Å²) in [7, 11) is 0. The lowest BCUT2D eigenvalue weighted by Crippen LogP contribution is -2.22. The van der Waals surface area contributed by atoms with E-state index >= 15 is 0 Å². The Hall–Kier alpha value is -3.12. The third kappa shape index (κ3) is 8.23. The van der Waals surface area contributed by atoms with Gasteiger partial charge in [0.15, 0.2) is 5.16 Å². The van der Waals surface area contributed by atoms with Crippen LogP contribution in [0, 0.1) is 0 Å². The largest absolute Gasteiger partial charge is 0.352 e. The second kappa shape index (κ2) is 14.4. The summed E-state index contributed by atoms with van der Waals surface area (Å²) < 4.78 is 2.19. The van der Waals surface area contributed by atoms with Crippen LogP contribution in [-0.4, -0.2) is 26.4 Å². The van der Waals surface area contributed by atoms with Crippen molar-refractivity contribution in [1.29, 1.82) is 0 Å². The van der Waals surface area contributed by atoms with Crippen LogP contribution in [0.4, 0.5) is 0 Å². The molecular formula is C30H36N4OS. The summed E-state index contributed by atoms with van der Waals surface area (Å²) in [6.45, 7) is 0.580. The van der Waals surface area contributed by atoms with E-state index in [1.54, 1.807) is 17.3 Å². The number of unbranched alkanes of at least 4 members (excludes halogenated alkanes) is 1. The van der Waals surface area contributed by atoms with Crippen molar-refractivity contribution in [2.75, 3.05) is 5.75 Å². The van der Waals surface area contributed by atoms with Crippen molar-refractivity contribution in [3.05, 3.63) is 95.9 Å². The smallest absolute Gasteiger partial charge is 0.220 e. The maximum absolute atomic E-state index is 12.3. The molecular weight excluding hydrogens is 464 g/mol. The Morgan fingerprint density at radius 3 is 2.58 bits per heavy atom. The topological polar surface area (TPSA) is 59.8 Å². The molecule has 0 radical (unpaired) electrons. The zero-order valence-electron chi connectivity index (χ0n) is 20.9. The number of para-hydroxylation sites is 1. The monoisotopic (exact) mass is 500 g/mol. The molecule has 0 bridgehead atoms. The van der Waals surface area contributed by atoms with E-state index in [0.717, 1.165) is 60.1 Å². The van der Waals surface area contributed by atoms with Gasteiger partial charge in [-0.3, -0.25) is 9.36 Å². The van der Waals surface area contributed by atoms with Crippen molar-refractivity contribution >= 4 is 17.7 Å². The van der Waals surface area contributed by atoms with Gasteiger partial charge in [0.05, 0.1) is 0 Å². The minimum atomic E-state index is 0.0960. The number of nitrogens with one attached hydrogen (secondary N) is 1. The van der Waals surface area contributed by atoms with Crippen molar-refractivity contribution in [2.24, 2.45) is 0 Å². The summed E-state index contributed by atoms with van der Waals surface area (Å²) in [5, 5.41) is 13.1. The van der Waals surface area contributed by atoms with E-state index in [1.165, 1.54) is 19.3 Å². The van der Waals surface area contributed by atoms with Gasteiger partial charge in [0.25, 0.3) is 0 Å². The van der Waals surface area contributed by atoms with Crippen LogP contribution in [0.5, 0.6) is 0 Å². The van der Waals surface area contributed by atoms with Gasteiger partial charge in [0.2, 0.25) is 5.91 Å². The second-order valence-electron chi connectivity index (χ2n) is 9.10. The van der Waals surface area contributed by atoms with Crippen LogP contribution in [0.2, 0.25) is 0 Å². The Labute approximate surface area is 219 Å². The molecule has 0 aliphatic heterocycles. The average Bonchev–Trinajstić information content (AvgIpc) is 3.30. The van der Waals surface area contributed by atoms with Crippen molar-refractivity contribution in [3.8, 4) is 5.69 Å². The molecule has 1 aliphatic rings. The standard InChI is InChI=1S/C30H36N4OS/c35-29(31-24-26-16-8-4-9-17-26)21-13-12-20-28-32-33-30(34(28)27-18-10-5-11-19-27)36-23-22-25-14-6-2-1-3-7-15-25/h1-2,4-5,8-11,14,16-19H,3,6-7,12-13,15,20-24H2,(H,31,35)/b2-1-,25-14+. The number of rotatable bonds is 12. The van der Waals surface area contributed by atoms with Gasteiger partial charge >= 0.3 is 0 Å². The van der Waals surface area contributed by atoms with E-state index in [-0.39, 0.29) is 5.91 Å². The minimum absolute atomic E-state index is 0.0960. The number of carbonyl (C=O) groups excluding carboxylic acids is 1. The van der Waals surface area contributed by atoms with E-state index in [9.17, 15) is 4.79 Å². The lowest BCUT2D eigenvalue weighted by molar-refractivity contribution is -0.121. The van der Waals surface area contributed by atoms with Crippen LogP contribution in [0.25, 0.3) is 5.69 Å². The first kappa shape index (κ1) is 26.0. The van der Waals surface area contributed by atoms with Crippen LogP contribution in [0.15, 0.2) is 89.6 Å². The Balaban J connectivity index is 1.29. The molecule has 1 heterocycles. The van der Waals surface area contributed by atoms with E-state index in [0.29, 0.717) is 13.0 Å². The number of aromatic nitrogens is 3. The number of allylic oxidation sites excluding steroid dienone is 4. The molecule has 0 unspecified atom stereocenters. The van der Waals surface area contributed by atoms with Crippen molar-refractivity contribution in [2.45, 2.75) is 69.5 Å². The molecule has 1 N–H and O–H groups in total. The van der Waals surface area contributed by atoms with Crippen molar-refractivity contribution < 1.29 is 4.79 Å². The summed E-state index contributed by atoms with van der Waals surface area (Å²) in [4.78, 5) is 12.3. The van der Waals surface area contributed by atoms with Gasteiger partial charge in [-0.1, -0.05) is 84.1 Å². The fourth-order valence-electron chi connectivity index (χ4n) is 4.34. The van der Waals surface area contributed by atoms with Gasteiger partial charge in [-0.25, -0.2) is 0 Å². The van der Waals surface area contributed by atoms with E-state index in [4.69, 9.17) is 0 Å². The minimum Gasteiger partial charge on any atom is -0.352 e. The molecule has 2 aromatic carbocycles. The highest BCUT2D eigenvalue weighted by molar-refractivity contribution is 7.99. The maximum Gasteiger partial charge on any atom is 0.220 e. The van der Waals surface area contributed by atoms with Gasteiger partial charge in [-0.05, 0) is 62.6 Å². The third-order valence-electron chi connectivity index (χ3n) is 6.33. The van der Waals surface area contributed by atoms with E-state index < -0.39 is 0 Å². The Morgan fingerprint density at radius 1 is 0.944 bits per heavy atom. The Kier molecular flexibility index (Phi) is 10.4. The number of aryl methyl sites for hydroxylation is 1. The maximum atomic E-state index is 12.3. The number of amides is 1. The highest BCUT2D eigenvalue weighted by Gasteiger charge is 2.15. The lowest BCUT2D eigenvalue weighted by atomic mass is 10.0. The molecule has 0 saturated carbocycles. The molecule has 36 heavy (non-hydrogen) atoms. The fraction of sp³-hybridized carbons (Fsp3) is 0.367. The first-order valence-corrected chi connectivity index (χ1v) is 14.0. The number of benzene rings is 2. The second-order valence-corrected chi connectivity index (χ2v) is 10.2. The third-order valence-corrected chi connectivity index (χ3v) is 7.26. The summed E-state index contributed by atoms with van der Waals surface area (Å²) in [5.41, 5.74) is 3.77. The summed E-state index contributed by atoms with van der Waals surface area (Å²) >= 11 is 1.78. The van der Waals surface area contributed by atoms with Crippen LogP contribution in [-0.2, 0) is 17.8 Å². The van der Waals surface area contributed by atoms with E-state index in [2.05, 4.69) is 62.6 Å². The molecule has 1 aromatic heterocycles. The van der Waals surface area contributed by atoms with Gasteiger partial charge in [-0.15, -0.1) is 10.2 Å². The first-order chi connectivity index (χ1) is 17.8. The Morgan fingerprint density at radius 2 is 1.75 bits per heavy atom. The molecule has 0 saturated heterocycles. The van der Waals surface area contributed by atoms with Gasteiger partial charge in [0.1, 0.15) is 5.82 Å². The van der Waals surface area contributed by atoms with Crippen LogP contribution in [0.1, 0.15) is 62.8 Å². The zero-order valence-corrected chi connectivity index (χ0v) is 21.8. The Bertz CT molecular complexity index is 1140. The first-order valence-electron chi connectivity index (χ1n) is 13.1. The molecule has 1 aliphatic carbocycles. The molecule has 5 nitrogen and oxygen atoms in total. The van der Waals surface area contributed by atoms with Gasteiger partial charge in [0, 0.05) is 30.8 Å². The van der Waals surface area contributed by atoms with Crippen LogP contribution in [0.3, 0.4) is 0 Å². The average molecular weight is 501 g/mol. The highest BCUT2D eigenvalue weighted by Crippen LogP contribution is 2.26. The van der Waals surface area contributed by atoms with Crippen molar-refractivity contribution in [1.82, 2.24) is 20.1 Å². The predicted octanol–water partition coefficient (Wildman–Crippen LogP) is 6.84. The summed E-state index contributed by atoms with van der Waals surface area (Å²) in [6.07, 6.45) is 15.8. The van der Waals surface area contributed by atoms with Crippen LogP contribution < -0.4 is 5.32 Å². The molecule has 188 valence electrons. The summed E-state index contributed by atoms with van der Waals surface area (Å²) in [5.74, 6) is 2.06. The quantitative estimate of drug-likeness (QED) is 0.168. The highest BCUT2D eigenvalue weighted by atomic mass is 32.2. The number of hydrogen-bond acceptors (Lipinski definition) is 4. The normalized spacial score (nSPS) is 15.9. The van der Waals surface area contributed by atoms with Gasteiger partial charge < -0.3 is 5.32 Å². The lowest BCUT2D eigenvalue weighted by Gasteiger charge is -2.11. The van der Waals surface area contributed by atoms with Crippen LogP contribution >= 0.6 is 11.8 Å². The number of hydrogen-bond donors (Lipinski definition) is 1. The number of thioether (sulfide) groups is 1. The zero-order chi connectivity index (χ0) is 24.8. The summed E-state index contributed by atoms with van der Waals surface area (Å²) in [6, 6.07) is 20.4. The molecule has 4 rings (SSSR count). The molecule has 0 spiro atoms. The number of carbonyl (C=O) groups is 1. The fourth-order valence-corrected chi connectivity index (χ4v) is 5.33.